The Balaban J connectivity index is 1.89. The second-order valence-electron chi connectivity index (χ2n) is 6.57. The summed E-state index contributed by atoms with van der Waals surface area (Å²) < 4.78 is 0. The SMILES string of the molecule is Cc1ccc(NC(=O)C(C(C)C)N2C(=O)c3ccccc3C2=O)cc1. The van der Waals surface area contributed by atoms with Crippen molar-refractivity contribution in [1.29, 1.82) is 0 Å². The lowest BCUT2D eigenvalue weighted by Gasteiger charge is -2.28. The third-order valence-electron chi connectivity index (χ3n) is 4.32. The molecule has 1 aliphatic heterocycles. The van der Waals surface area contributed by atoms with E-state index in [1.54, 1.807) is 36.4 Å². The first-order chi connectivity index (χ1) is 11.9. The van der Waals surface area contributed by atoms with E-state index in [1.165, 1.54) is 0 Å². The highest BCUT2D eigenvalue weighted by Gasteiger charge is 2.43. The monoisotopic (exact) mass is 336 g/mol. The highest BCUT2D eigenvalue weighted by atomic mass is 16.2. The van der Waals surface area contributed by atoms with Crippen LogP contribution in [0, 0.1) is 12.8 Å². The summed E-state index contributed by atoms with van der Waals surface area (Å²) >= 11 is 0. The number of imide groups is 1. The van der Waals surface area contributed by atoms with Gasteiger partial charge >= 0.3 is 0 Å². The summed E-state index contributed by atoms with van der Waals surface area (Å²) in [6, 6.07) is 13.2. The van der Waals surface area contributed by atoms with Crippen molar-refractivity contribution < 1.29 is 14.4 Å². The van der Waals surface area contributed by atoms with Crippen LogP contribution in [0.2, 0.25) is 0 Å². The first-order valence-electron chi connectivity index (χ1n) is 8.24. The van der Waals surface area contributed by atoms with Crippen LogP contribution in [0.4, 0.5) is 5.69 Å². The predicted octanol–water partition coefficient (Wildman–Crippen LogP) is 3.25. The number of nitrogens with zero attached hydrogens (tertiary/aromatic N) is 1. The number of carbonyl (C=O) groups is 3. The number of carbonyl (C=O) groups excluding carboxylic acids is 3. The number of amides is 3. The van der Waals surface area contributed by atoms with Crippen LogP contribution in [0.15, 0.2) is 48.5 Å². The molecule has 0 aliphatic carbocycles. The van der Waals surface area contributed by atoms with Gasteiger partial charge in [0, 0.05) is 5.69 Å². The fraction of sp³-hybridized carbons (Fsp3) is 0.250. The minimum atomic E-state index is -0.867. The quantitative estimate of drug-likeness (QED) is 0.872. The molecule has 25 heavy (non-hydrogen) atoms. The molecule has 1 N–H and O–H groups in total. The van der Waals surface area contributed by atoms with Crippen LogP contribution in [0.5, 0.6) is 0 Å². The Labute approximate surface area is 146 Å². The highest BCUT2D eigenvalue weighted by Crippen LogP contribution is 2.27. The molecule has 2 aromatic carbocycles. The zero-order valence-corrected chi connectivity index (χ0v) is 14.4. The normalized spacial score (nSPS) is 14.6. The number of hydrogen-bond acceptors (Lipinski definition) is 3. The maximum atomic E-state index is 12.8. The number of rotatable bonds is 4. The molecule has 0 aromatic heterocycles. The molecule has 2 aromatic rings. The van der Waals surface area contributed by atoms with Crippen molar-refractivity contribution in [2.45, 2.75) is 26.8 Å². The second-order valence-corrected chi connectivity index (χ2v) is 6.57. The predicted molar refractivity (Wildman–Crippen MR) is 95.4 cm³/mol. The van der Waals surface area contributed by atoms with Crippen molar-refractivity contribution >= 4 is 23.4 Å². The average molecular weight is 336 g/mol. The summed E-state index contributed by atoms with van der Waals surface area (Å²) in [6.45, 7) is 5.60. The van der Waals surface area contributed by atoms with Crippen LogP contribution in [0.25, 0.3) is 0 Å². The van der Waals surface area contributed by atoms with Crippen LogP contribution in [-0.2, 0) is 4.79 Å². The molecule has 0 fully saturated rings. The van der Waals surface area contributed by atoms with Gasteiger partial charge in [0.2, 0.25) is 5.91 Å². The van der Waals surface area contributed by atoms with Gasteiger partial charge in [0.15, 0.2) is 0 Å². The van der Waals surface area contributed by atoms with Gasteiger partial charge in [0.1, 0.15) is 6.04 Å². The minimum Gasteiger partial charge on any atom is -0.324 e. The standard InChI is InChI=1S/C20H20N2O3/c1-12(2)17(18(23)21-14-10-8-13(3)9-11-14)22-19(24)15-6-4-5-7-16(15)20(22)25/h4-12,17H,1-3H3,(H,21,23). The number of hydrogen-bond donors (Lipinski definition) is 1. The number of fused-ring (bicyclic) bond motifs is 1. The summed E-state index contributed by atoms with van der Waals surface area (Å²) in [4.78, 5) is 39.3. The van der Waals surface area contributed by atoms with E-state index in [-0.39, 0.29) is 11.8 Å². The molecule has 0 saturated carbocycles. The summed E-state index contributed by atoms with van der Waals surface area (Å²) in [6.07, 6.45) is 0. The van der Waals surface area contributed by atoms with Crippen molar-refractivity contribution in [2.75, 3.05) is 5.32 Å². The molecule has 3 rings (SSSR count). The van der Waals surface area contributed by atoms with Gasteiger partial charge in [-0.3, -0.25) is 19.3 Å². The van der Waals surface area contributed by atoms with Gasteiger partial charge < -0.3 is 5.32 Å². The van der Waals surface area contributed by atoms with Crippen LogP contribution in [0.1, 0.15) is 40.1 Å². The highest BCUT2D eigenvalue weighted by molar-refractivity contribution is 6.23. The summed E-state index contributed by atoms with van der Waals surface area (Å²) in [5.41, 5.74) is 2.42. The first kappa shape index (κ1) is 16.9. The van der Waals surface area contributed by atoms with Crippen LogP contribution in [0.3, 0.4) is 0 Å². The largest absolute Gasteiger partial charge is 0.324 e. The molecule has 0 spiro atoms. The molecule has 1 unspecified atom stereocenters. The van der Waals surface area contributed by atoms with Crippen molar-refractivity contribution in [1.82, 2.24) is 4.90 Å². The topological polar surface area (TPSA) is 66.5 Å². The van der Waals surface area contributed by atoms with E-state index in [4.69, 9.17) is 0 Å². The third-order valence-corrected chi connectivity index (χ3v) is 4.32. The lowest BCUT2D eigenvalue weighted by Crippen LogP contribution is -2.50. The molecular weight excluding hydrogens is 316 g/mol. The summed E-state index contributed by atoms with van der Waals surface area (Å²) in [5.74, 6) is -1.42. The molecule has 5 heteroatoms. The zero-order chi connectivity index (χ0) is 18.1. The number of benzene rings is 2. The van der Waals surface area contributed by atoms with Gasteiger partial charge in [0.25, 0.3) is 11.8 Å². The van der Waals surface area contributed by atoms with Gasteiger partial charge in [-0.15, -0.1) is 0 Å². The van der Waals surface area contributed by atoms with E-state index < -0.39 is 17.9 Å². The molecule has 5 nitrogen and oxygen atoms in total. The van der Waals surface area contributed by atoms with Gasteiger partial charge in [-0.1, -0.05) is 43.7 Å². The third kappa shape index (κ3) is 3.05. The maximum Gasteiger partial charge on any atom is 0.262 e. The number of nitrogens with one attached hydrogen (secondary N) is 1. The fourth-order valence-electron chi connectivity index (χ4n) is 3.03. The second kappa shape index (κ2) is 6.51. The molecule has 1 atom stereocenters. The molecule has 0 saturated heterocycles. The first-order valence-corrected chi connectivity index (χ1v) is 8.24. The Bertz CT molecular complexity index is 805. The Morgan fingerprint density at radius 3 is 1.92 bits per heavy atom. The Kier molecular flexibility index (Phi) is 4.40. The smallest absolute Gasteiger partial charge is 0.262 e. The fourth-order valence-corrected chi connectivity index (χ4v) is 3.03. The number of anilines is 1. The molecule has 3 amide bonds. The Hall–Kier alpha value is -2.95. The molecule has 1 heterocycles. The minimum absolute atomic E-state index is 0.215. The summed E-state index contributed by atoms with van der Waals surface area (Å²) in [5, 5.41) is 2.81. The van der Waals surface area contributed by atoms with Crippen LogP contribution < -0.4 is 5.32 Å². The number of aryl methyl sites for hydroxylation is 1. The van der Waals surface area contributed by atoms with Gasteiger partial charge in [-0.25, -0.2) is 0 Å². The van der Waals surface area contributed by atoms with Crippen LogP contribution >= 0.6 is 0 Å². The molecule has 128 valence electrons. The molecule has 0 bridgehead atoms. The van der Waals surface area contributed by atoms with Crippen molar-refractivity contribution in [3.8, 4) is 0 Å². The van der Waals surface area contributed by atoms with Gasteiger partial charge in [-0.2, -0.15) is 0 Å². The van der Waals surface area contributed by atoms with Crippen molar-refractivity contribution in [2.24, 2.45) is 5.92 Å². The van der Waals surface area contributed by atoms with E-state index in [2.05, 4.69) is 5.32 Å². The average Bonchev–Trinajstić information content (AvgIpc) is 2.83. The van der Waals surface area contributed by atoms with E-state index >= 15 is 0 Å². The van der Waals surface area contributed by atoms with E-state index in [0.29, 0.717) is 16.8 Å². The molecule has 1 aliphatic rings. The maximum absolute atomic E-state index is 12.8. The van der Waals surface area contributed by atoms with Crippen LogP contribution in [-0.4, -0.2) is 28.7 Å². The summed E-state index contributed by atoms with van der Waals surface area (Å²) in [7, 11) is 0. The van der Waals surface area contributed by atoms with E-state index in [9.17, 15) is 14.4 Å². The van der Waals surface area contributed by atoms with E-state index in [1.807, 2.05) is 32.9 Å². The van der Waals surface area contributed by atoms with Gasteiger partial charge in [0.05, 0.1) is 11.1 Å². The molecule has 0 radical (unpaired) electrons. The van der Waals surface area contributed by atoms with E-state index in [0.717, 1.165) is 10.5 Å². The Morgan fingerprint density at radius 2 is 1.44 bits per heavy atom. The lowest BCUT2D eigenvalue weighted by atomic mass is 10.0. The van der Waals surface area contributed by atoms with Crippen molar-refractivity contribution in [3.63, 3.8) is 0 Å². The van der Waals surface area contributed by atoms with Crippen molar-refractivity contribution in [3.05, 3.63) is 65.2 Å². The van der Waals surface area contributed by atoms with Gasteiger partial charge in [-0.05, 0) is 37.1 Å². The Morgan fingerprint density at radius 1 is 0.920 bits per heavy atom. The molecular formula is C20H20N2O3. The lowest BCUT2D eigenvalue weighted by molar-refractivity contribution is -0.121. The zero-order valence-electron chi connectivity index (χ0n) is 14.4.